The molecule has 3 aromatic rings. The second kappa shape index (κ2) is 9.99. The van der Waals surface area contributed by atoms with E-state index in [1.165, 1.54) is 17.3 Å². The van der Waals surface area contributed by atoms with Gasteiger partial charge in [-0.2, -0.15) is 0 Å². The van der Waals surface area contributed by atoms with Crippen molar-refractivity contribution in [1.82, 2.24) is 20.0 Å². The first kappa shape index (κ1) is 23.2. The molecule has 0 saturated carbocycles. The number of piperazine rings is 1. The summed E-state index contributed by atoms with van der Waals surface area (Å²) in [5.41, 5.74) is 3.20. The molecular formula is C25H26N4O5S. The zero-order valence-corrected chi connectivity index (χ0v) is 20.4. The number of carbonyl (C=O) groups excluding carboxylic acids is 2. The highest BCUT2D eigenvalue weighted by atomic mass is 32.2. The van der Waals surface area contributed by atoms with Gasteiger partial charge in [0.05, 0.1) is 5.75 Å². The normalized spacial score (nSPS) is 17.4. The molecule has 0 aliphatic carbocycles. The summed E-state index contributed by atoms with van der Waals surface area (Å²) in [7, 11) is 0. The number of fused-ring (bicyclic) bond motifs is 1. The molecule has 10 heteroatoms. The molecule has 5 rings (SSSR count). The maximum atomic E-state index is 12.9. The van der Waals surface area contributed by atoms with Gasteiger partial charge in [-0.25, -0.2) is 0 Å². The third kappa shape index (κ3) is 5.12. The van der Waals surface area contributed by atoms with Crippen molar-refractivity contribution in [1.29, 1.82) is 0 Å². The topological polar surface area (TPSA) is 98.0 Å². The van der Waals surface area contributed by atoms with Crippen molar-refractivity contribution in [3.05, 3.63) is 53.6 Å². The Balaban J connectivity index is 1.10. The lowest BCUT2D eigenvalue weighted by Gasteiger charge is -2.37. The number of thioether (sulfide) groups is 1. The minimum atomic E-state index is -0.674. The van der Waals surface area contributed by atoms with Crippen molar-refractivity contribution in [3.8, 4) is 23.0 Å². The maximum Gasteiger partial charge on any atom is 0.277 e. The molecule has 3 heterocycles. The van der Waals surface area contributed by atoms with Gasteiger partial charge in [-0.1, -0.05) is 30.0 Å². The van der Waals surface area contributed by atoms with Crippen LogP contribution in [0.1, 0.15) is 11.1 Å². The van der Waals surface area contributed by atoms with Gasteiger partial charge in [0.15, 0.2) is 11.5 Å². The number of hydrogen-bond donors (Lipinski definition) is 0. The van der Waals surface area contributed by atoms with E-state index >= 15 is 0 Å². The molecule has 0 spiro atoms. The molecule has 2 aliphatic heterocycles. The molecule has 9 nitrogen and oxygen atoms in total. The van der Waals surface area contributed by atoms with E-state index in [4.69, 9.17) is 13.9 Å². The lowest BCUT2D eigenvalue weighted by atomic mass is 10.1. The summed E-state index contributed by atoms with van der Waals surface area (Å²) in [5.74, 6) is 1.70. The monoisotopic (exact) mass is 494 g/mol. The second-order valence-corrected chi connectivity index (χ2v) is 9.46. The number of amides is 2. The highest BCUT2D eigenvalue weighted by molar-refractivity contribution is 7.99. The summed E-state index contributed by atoms with van der Waals surface area (Å²) in [5, 5.41) is 8.53. The van der Waals surface area contributed by atoms with Crippen molar-refractivity contribution in [3.63, 3.8) is 0 Å². The molecule has 35 heavy (non-hydrogen) atoms. The fraction of sp³-hybridized carbons (Fsp3) is 0.360. The lowest BCUT2D eigenvalue weighted by molar-refractivity contribution is -0.145. The van der Waals surface area contributed by atoms with Gasteiger partial charge < -0.3 is 23.7 Å². The molecule has 1 aromatic heterocycles. The Morgan fingerprint density at radius 2 is 1.71 bits per heavy atom. The van der Waals surface area contributed by atoms with E-state index in [9.17, 15) is 9.59 Å². The van der Waals surface area contributed by atoms with Crippen molar-refractivity contribution < 1.29 is 23.5 Å². The van der Waals surface area contributed by atoms with E-state index in [1.807, 2.05) is 50.2 Å². The zero-order valence-electron chi connectivity index (χ0n) is 19.6. The Kier molecular flexibility index (Phi) is 6.63. The van der Waals surface area contributed by atoms with E-state index in [0.717, 1.165) is 11.1 Å². The molecule has 182 valence electrons. The van der Waals surface area contributed by atoms with E-state index in [1.54, 1.807) is 15.9 Å². The number of aromatic nitrogens is 2. The van der Waals surface area contributed by atoms with E-state index < -0.39 is 6.10 Å². The molecule has 0 bridgehead atoms. The molecule has 1 saturated heterocycles. The largest absolute Gasteiger partial charge is 0.485 e. The van der Waals surface area contributed by atoms with Gasteiger partial charge in [-0.05, 0) is 49.2 Å². The Morgan fingerprint density at radius 3 is 2.49 bits per heavy atom. The van der Waals surface area contributed by atoms with Gasteiger partial charge in [0.1, 0.15) is 6.61 Å². The standard InChI is InChI=1S/C25H26N4O5S/c1-16-7-8-18(13-17(16)2)23-26-27-25(34-23)35-15-22(30)28-9-11-29(12-10-28)24(31)21-14-32-19-5-3-4-6-20(19)33-21/h3-8,13,21H,9-12,14-15H2,1-2H3/t21-/m1/s1. The fourth-order valence-electron chi connectivity index (χ4n) is 4.00. The Labute approximate surface area is 207 Å². The Bertz CT molecular complexity index is 1240. The van der Waals surface area contributed by atoms with Crippen LogP contribution in [0, 0.1) is 13.8 Å². The van der Waals surface area contributed by atoms with Crippen molar-refractivity contribution >= 4 is 23.6 Å². The van der Waals surface area contributed by atoms with Gasteiger partial charge in [0.2, 0.25) is 17.9 Å². The number of nitrogens with zero attached hydrogens (tertiary/aromatic N) is 4. The quantitative estimate of drug-likeness (QED) is 0.500. The van der Waals surface area contributed by atoms with Crippen LogP contribution in [0.4, 0.5) is 0 Å². The molecule has 0 N–H and O–H groups in total. The molecule has 0 unspecified atom stereocenters. The number of para-hydroxylation sites is 2. The number of ether oxygens (including phenoxy) is 2. The smallest absolute Gasteiger partial charge is 0.277 e. The first-order valence-corrected chi connectivity index (χ1v) is 12.5. The van der Waals surface area contributed by atoms with Crippen LogP contribution in [-0.4, -0.2) is 76.5 Å². The van der Waals surface area contributed by atoms with E-state index in [2.05, 4.69) is 10.2 Å². The second-order valence-electron chi connectivity index (χ2n) is 8.53. The highest BCUT2D eigenvalue weighted by Crippen LogP contribution is 2.31. The fourth-order valence-corrected chi connectivity index (χ4v) is 4.66. The van der Waals surface area contributed by atoms with Crippen LogP contribution in [-0.2, 0) is 9.59 Å². The summed E-state index contributed by atoms with van der Waals surface area (Å²) in [6.07, 6.45) is -0.674. The van der Waals surface area contributed by atoms with Gasteiger partial charge in [0.25, 0.3) is 11.1 Å². The maximum absolute atomic E-state index is 12.9. The summed E-state index contributed by atoms with van der Waals surface area (Å²) in [4.78, 5) is 29.1. The van der Waals surface area contributed by atoms with Crippen molar-refractivity contribution in [2.75, 3.05) is 38.5 Å². The summed E-state index contributed by atoms with van der Waals surface area (Å²) >= 11 is 1.22. The van der Waals surface area contributed by atoms with E-state index in [0.29, 0.717) is 48.8 Å². The first-order valence-electron chi connectivity index (χ1n) is 11.5. The van der Waals surface area contributed by atoms with Crippen LogP contribution in [0.25, 0.3) is 11.5 Å². The third-order valence-corrected chi connectivity index (χ3v) is 7.01. The van der Waals surface area contributed by atoms with Crippen molar-refractivity contribution in [2.24, 2.45) is 0 Å². The van der Waals surface area contributed by atoms with E-state index in [-0.39, 0.29) is 24.2 Å². The molecule has 2 aliphatic rings. The van der Waals surface area contributed by atoms with Crippen LogP contribution in [0.3, 0.4) is 0 Å². The van der Waals surface area contributed by atoms with Crippen LogP contribution in [0.15, 0.2) is 52.1 Å². The number of carbonyl (C=O) groups is 2. The highest BCUT2D eigenvalue weighted by Gasteiger charge is 2.33. The lowest BCUT2D eigenvalue weighted by Crippen LogP contribution is -2.55. The summed E-state index contributed by atoms with van der Waals surface area (Å²) in [6.45, 7) is 6.10. The Hall–Kier alpha value is -3.53. The number of benzene rings is 2. The molecule has 1 atom stereocenters. The minimum absolute atomic E-state index is 0.0285. The van der Waals surface area contributed by atoms with Crippen LogP contribution >= 0.6 is 11.8 Å². The predicted molar refractivity (Wildman–Crippen MR) is 129 cm³/mol. The number of aryl methyl sites for hydroxylation is 2. The summed E-state index contributed by atoms with van der Waals surface area (Å²) < 4.78 is 17.2. The van der Waals surface area contributed by atoms with Gasteiger partial charge in [-0.3, -0.25) is 9.59 Å². The first-order chi connectivity index (χ1) is 17.0. The zero-order chi connectivity index (χ0) is 24.4. The molecule has 2 aromatic carbocycles. The van der Waals surface area contributed by atoms with Gasteiger partial charge >= 0.3 is 0 Å². The predicted octanol–water partition coefficient (Wildman–Crippen LogP) is 2.96. The summed E-state index contributed by atoms with van der Waals surface area (Å²) in [6, 6.07) is 13.3. The third-order valence-electron chi connectivity index (χ3n) is 6.21. The van der Waals surface area contributed by atoms with Gasteiger partial charge in [-0.15, -0.1) is 10.2 Å². The average molecular weight is 495 g/mol. The van der Waals surface area contributed by atoms with Crippen LogP contribution < -0.4 is 9.47 Å². The number of rotatable bonds is 5. The molecule has 0 radical (unpaired) electrons. The van der Waals surface area contributed by atoms with Crippen molar-refractivity contribution in [2.45, 2.75) is 25.2 Å². The molecule has 2 amide bonds. The SMILES string of the molecule is Cc1ccc(-c2nnc(SCC(=O)N3CCN(C(=O)[C@H]4COc5ccccc5O4)CC3)o2)cc1C. The van der Waals surface area contributed by atoms with Crippen LogP contribution in [0.5, 0.6) is 11.5 Å². The Morgan fingerprint density at radius 1 is 0.971 bits per heavy atom. The minimum Gasteiger partial charge on any atom is -0.485 e. The molecule has 1 fully saturated rings. The van der Waals surface area contributed by atoms with Crippen LogP contribution in [0.2, 0.25) is 0 Å². The average Bonchev–Trinajstić information content (AvgIpc) is 3.37. The number of hydrogen-bond acceptors (Lipinski definition) is 8. The molecular weight excluding hydrogens is 468 g/mol. The van der Waals surface area contributed by atoms with Gasteiger partial charge in [0, 0.05) is 31.7 Å².